The summed E-state index contributed by atoms with van der Waals surface area (Å²) in [7, 11) is 2.08. The molecule has 1 heterocycles. The van der Waals surface area contributed by atoms with Gasteiger partial charge >= 0.3 is 0 Å². The van der Waals surface area contributed by atoms with Crippen molar-refractivity contribution in [3.05, 3.63) is 35.9 Å². The highest BCUT2D eigenvalue weighted by Crippen LogP contribution is 2.01. The number of guanidine groups is 1. The first-order chi connectivity index (χ1) is 7.36. The maximum atomic E-state index is 4.46. The summed E-state index contributed by atoms with van der Waals surface area (Å²) in [6, 6.07) is 10.4. The van der Waals surface area contributed by atoms with Crippen LogP contribution in [-0.4, -0.2) is 31.0 Å². The van der Waals surface area contributed by atoms with E-state index in [-0.39, 0.29) is 24.0 Å². The molecule has 88 valence electrons. The van der Waals surface area contributed by atoms with E-state index in [1.807, 2.05) is 6.07 Å². The van der Waals surface area contributed by atoms with E-state index in [2.05, 4.69) is 46.5 Å². The summed E-state index contributed by atoms with van der Waals surface area (Å²) in [6.07, 6.45) is 1.16. The monoisotopic (exact) mass is 331 g/mol. The summed E-state index contributed by atoms with van der Waals surface area (Å²) < 4.78 is 0. The van der Waals surface area contributed by atoms with Gasteiger partial charge in [0.1, 0.15) is 0 Å². The largest absolute Gasteiger partial charge is 0.352 e. The maximum absolute atomic E-state index is 4.46. The van der Waals surface area contributed by atoms with Crippen molar-refractivity contribution in [3.63, 3.8) is 0 Å². The summed E-state index contributed by atoms with van der Waals surface area (Å²) in [6.45, 7) is 2.89. The van der Waals surface area contributed by atoms with Crippen molar-refractivity contribution in [2.45, 2.75) is 13.0 Å². The van der Waals surface area contributed by atoms with Crippen LogP contribution in [0, 0.1) is 0 Å². The number of hydrogen-bond donors (Lipinski definition) is 1. The third kappa shape index (κ3) is 3.66. The molecule has 3 nitrogen and oxygen atoms in total. The molecule has 1 aromatic rings. The Morgan fingerprint density at radius 3 is 2.75 bits per heavy atom. The average Bonchev–Trinajstić information content (AvgIpc) is 2.29. The molecule has 0 spiro atoms. The average molecular weight is 331 g/mol. The van der Waals surface area contributed by atoms with Gasteiger partial charge in [-0.15, -0.1) is 24.0 Å². The lowest BCUT2D eigenvalue weighted by Gasteiger charge is -2.25. The zero-order valence-electron chi connectivity index (χ0n) is 9.52. The number of nitrogens with one attached hydrogen (secondary N) is 1. The molecule has 0 radical (unpaired) electrons. The summed E-state index contributed by atoms with van der Waals surface area (Å²) in [5, 5.41) is 3.36. The van der Waals surface area contributed by atoms with Crippen molar-refractivity contribution in [2.24, 2.45) is 4.99 Å². The molecule has 1 N–H and O–H groups in total. The first-order valence-corrected chi connectivity index (χ1v) is 5.39. The standard InChI is InChI=1S/C12H17N3.HI/c1-15-9-5-8-13-12(15)14-10-11-6-3-2-4-7-11;/h2-4,6-7H,5,8-10H2,1H3,(H,13,14);1H. The molecule has 0 aliphatic carbocycles. The molecular formula is C12H18IN3. The third-order valence-electron chi connectivity index (χ3n) is 2.57. The highest BCUT2D eigenvalue weighted by molar-refractivity contribution is 14.0. The number of aliphatic imine (C=N–C) groups is 1. The van der Waals surface area contributed by atoms with E-state index < -0.39 is 0 Å². The molecular weight excluding hydrogens is 313 g/mol. The van der Waals surface area contributed by atoms with Crippen molar-refractivity contribution in [1.82, 2.24) is 10.2 Å². The molecule has 1 aliphatic heterocycles. The van der Waals surface area contributed by atoms with E-state index in [1.165, 1.54) is 5.56 Å². The Bertz CT molecular complexity index is 337. The minimum atomic E-state index is 0. The maximum Gasteiger partial charge on any atom is 0.193 e. The highest BCUT2D eigenvalue weighted by Gasteiger charge is 2.09. The lowest BCUT2D eigenvalue weighted by molar-refractivity contribution is 0.446. The minimum absolute atomic E-state index is 0. The van der Waals surface area contributed by atoms with Crippen LogP contribution in [0.5, 0.6) is 0 Å². The van der Waals surface area contributed by atoms with E-state index in [0.717, 1.165) is 32.0 Å². The van der Waals surface area contributed by atoms with Gasteiger partial charge in [-0.05, 0) is 12.0 Å². The van der Waals surface area contributed by atoms with Crippen LogP contribution < -0.4 is 5.32 Å². The van der Waals surface area contributed by atoms with Gasteiger partial charge in [0, 0.05) is 26.7 Å². The summed E-state index contributed by atoms with van der Waals surface area (Å²) >= 11 is 0. The Hall–Kier alpha value is -0.780. The zero-order chi connectivity index (χ0) is 10.5. The molecule has 1 aromatic carbocycles. The van der Waals surface area contributed by atoms with Crippen molar-refractivity contribution in [3.8, 4) is 0 Å². The molecule has 0 saturated heterocycles. The van der Waals surface area contributed by atoms with Crippen LogP contribution in [0.3, 0.4) is 0 Å². The van der Waals surface area contributed by atoms with Crippen LogP contribution in [0.25, 0.3) is 0 Å². The Morgan fingerprint density at radius 1 is 1.31 bits per heavy atom. The predicted molar refractivity (Wildman–Crippen MR) is 78.2 cm³/mol. The van der Waals surface area contributed by atoms with Crippen LogP contribution in [-0.2, 0) is 6.54 Å². The predicted octanol–water partition coefficient (Wildman–Crippen LogP) is 2.09. The summed E-state index contributed by atoms with van der Waals surface area (Å²) in [5.74, 6) is 1.02. The van der Waals surface area contributed by atoms with Gasteiger partial charge in [-0.3, -0.25) is 4.99 Å². The molecule has 1 aliphatic rings. The fourth-order valence-corrected chi connectivity index (χ4v) is 1.69. The van der Waals surface area contributed by atoms with Crippen LogP contribution in [0.1, 0.15) is 12.0 Å². The third-order valence-corrected chi connectivity index (χ3v) is 2.57. The van der Waals surface area contributed by atoms with E-state index in [1.54, 1.807) is 0 Å². The molecule has 0 unspecified atom stereocenters. The van der Waals surface area contributed by atoms with Crippen molar-refractivity contribution in [2.75, 3.05) is 20.1 Å². The van der Waals surface area contributed by atoms with Gasteiger partial charge in [0.15, 0.2) is 5.96 Å². The van der Waals surface area contributed by atoms with E-state index in [9.17, 15) is 0 Å². The molecule has 0 saturated carbocycles. The highest BCUT2D eigenvalue weighted by atomic mass is 127. The van der Waals surface area contributed by atoms with Crippen LogP contribution in [0.2, 0.25) is 0 Å². The van der Waals surface area contributed by atoms with Gasteiger partial charge in [-0.1, -0.05) is 30.3 Å². The van der Waals surface area contributed by atoms with Gasteiger partial charge in [0.05, 0.1) is 0 Å². The first-order valence-electron chi connectivity index (χ1n) is 5.39. The van der Waals surface area contributed by atoms with Gasteiger partial charge < -0.3 is 10.2 Å². The molecule has 0 fully saturated rings. The van der Waals surface area contributed by atoms with Crippen molar-refractivity contribution in [1.29, 1.82) is 0 Å². The fraction of sp³-hybridized carbons (Fsp3) is 0.417. The Balaban J connectivity index is 0.00000128. The normalized spacial score (nSPS) is 15.1. The molecule has 0 amide bonds. The van der Waals surface area contributed by atoms with Gasteiger partial charge in [0.2, 0.25) is 0 Å². The van der Waals surface area contributed by atoms with Crippen LogP contribution in [0.15, 0.2) is 35.3 Å². The molecule has 2 rings (SSSR count). The van der Waals surface area contributed by atoms with Crippen molar-refractivity contribution >= 4 is 29.9 Å². The summed E-state index contributed by atoms with van der Waals surface area (Å²) in [4.78, 5) is 6.63. The van der Waals surface area contributed by atoms with Crippen LogP contribution >= 0.6 is 24.0 Å². The van der Waals surface area contributed by atoms with E-state index in [4.69, 9.17) is 0 Å². The smallest absolute Gasteiger partial charge is 0.193 e. The second-order valence-corrected chi connectivity index (χ2v) is 3.82. The molecule has 0 aromatic heterocycles. The SMILES string of the molecule is CN1CCCN=C1NCc1ccccc1.I. The van der Waals surface area contributed by atoms with Gasteiger partial charge in [-0.25, -0.2) is 0 Å². The summed E-state index contributed by atoms with van der Waals surface area (Å²) in [5.41, 5.74) is 1.29. The Kier molecular flexibility index (Phi) is 5.59. The first kappa shape index (κ1) is 13.3. The Morgan fingerprint density at radius 2 is 2.06 bits per heavy atom. The molecule has 0 atom stereocenters. The lowest BCUT2D eigenvalue weighted by Crippen LogP contribution is -2.41. The van der Waals surface area contributed by atoms with Gasteiger partial charge in [0.25, 0.3) is 0 Å². The second kappa shape index (κ2) is 6.73. The number of rotatable bonds is 2. The van der Waals surface area contributed by atoms with E-state index in [0.29, 0.717) is 0 Å². The topological polar surface area (TPSA) is 27.6 Å². The van der Waals surface area contributed by atoms with Crippen LogP contribution in [0.4, 0.5) is 0 Å². The molecule has 0 bridgehead atoms. The quantitative estimate of drug-likeness (QED) is 0.841. The number of benzene rings is 1. The Labute approximate surface area is 114 Å². The zero-order valence-corrected chi connectivity index (χ0v) is 11.8. The fourth-order valence-electron chi connectivity index (χ4n) is 1.69. The van der Waals surface area contributed by atoms with E-state index >= 15 is 0 Å². The molecule has 16 heavy (non-hydrogen) atoms. The number of halogens is 1. The van der Waals surface area contributed by atoms with Crippen molar-refractivity contribution < 1.29 is 0 Å². The minimum Gasteiger partial charge on any atom is -0.352 e. The number of nitrogens with zero attached hydrogens (tertiary/aromatic N) is 2. The lowest BCUT2D eigenvalue weighted by atomic mass is 10.2. The molecule has 4 heteroatoms. The second-order valence-electron chi connectivity index (χ2n) is 3.82. The van der Waals surface area contributed by atoms with Gasteiger partial charge in [-0.2, -0.15) is 0 Å². The number of hydrogen-bond acceptors (Lipinski definition) is 3.